The summed E-state index contributed by atoms with van der Waals surface area (Å²) in [6.07, 6.45) is 8.40. The van der Waals surface area contributed by atoms with Gasteiger partial charge in [-0.05, 0) is 103 Å². The van der Waals surface area contributed by atoms with E-state index in [2.05, 4.69) is 48.5 Å². The first-order valence-electron chi connectivity index (χ1n) is 14.0. The van der Waals surface area contributed by atoms with Crippen LogP contribution in [0.25, 0.3) is 0 Å². The molecule has 0 aromatic heterocycles. The third-order valence-electron chi connectivity index (χ3n) is 13.4. The second-order valence-electron chi connectivity index (χ2n) is 15.4. The van der Waals surface area contributed by atoms with E-state index in [0.717, 1.165) is 51.4 Å². The van der Waals surface area contributed by atoms with Gasteiger partial charge in [0.05, 0.1) is 11.5 Å². The second-order valence-corrected chi connectivity index (χ2v) is 15.4. The van der Waals surface area contributed by atoms with Gasteiger partial charge in [0, 0.05) is 12.3 Å². The average Bonchev–Trinajstić information content (AvgIpc) is 2.72. The van der Waals surface area contributed by atoms with Gasteiger partial charge in [-0.3, -0.25) is 9.59 Å². The molecule has 0 bridgehead atoms. The van der Waals surface area contributed by atoms with Gasteiger partial charge in [0.2, 0.25) is 0 Å². The van der Waals surface area contributed by atoms with E-state index < -0.39 is 11.4 Å². The van der Waals surface area contributed by atoms with E-state index in [1.54, 1.807) is 0 Å². The number of carbonyl (C=O) groups excluding carboxylic acids is 1. The summed E-state index contributed by atoms with van der Waals surface area (Å²) in [7, 11) is 0. The maximum absolute atomic E-state index is 14.3. The molecule has 5 fully saturated rings. The Labute approximate surface area is 206 Å². The minimum Gasteiger partial charge on any atom is -0.481 e. The second kappa shape index (κ2) is 7.11. The van der Waals surface area contributed by atoms with E-state index in [-0.39, 0.29) is 45.0 Å². The maximum atomic E-state index is 14.3. The zero-order chi connectivity index (χ0) is 25.1. The van der Waals surface area contributed by atoms with Crippen molar-refractivity contribution >= 4 is 11.8 Å². The van der Waals surface area contributed by atoms with E-state index in [1.165, 1.54) is 0 Å². The van der Waals surface area contributed by atoms with Crippen LogP contribution in [0.4, 0.5) is 0 Å². The molecule has 0 spiro atoms. The Bertz CT molecular complexity index is 905. The number of fused-ring (bicyclic) bond motifs is 7. The van der Waals surface area contributed by atoms with Gasteiger partial charge in [0.25, 0.3) is 0 Å². The number of aliphatic hydroxyl groups is 1. The molecule has 0 heterocycles. The molecule has 5 aliphatic rings. The Hall–Kier alpha value is -0.900. The van der Waals surface area contributed by atoms with Crippen molar-refractivity contribution in [3.8, 4) is 0 Å². The summed E-state index contributed by atoms with van der Waals surface area (Å²) in [5.41, 5.74) is -0.844. The van der Waals surface area contributed by atoms with Gasteiger partial charge in [0.1, 0.15) is 5.78 Å². The van der Waals surface area contributed by atoms with Crippen LogP contribution in [0.1, 0.15) is 113 Å². The van der Waals surface area contributed by atoms with Crippen molar-refractivity contribution in [1.29, 1.82) is 0 Å². The summed E-state index contributed by atoms with van der Waals surface area (Å²) >= 11 is 0. The van der Waals surface area contributed by atoms with Crippen molar-refractivity contribution in [2.45, 2.75) is 119 Å². The van der Waals surface area contributed by atoms with Crippen LogP contribution in [0.2, 0.25) is 0 Å². The van der Waals surface area contributed by atoms with Gasteiger partial charge >= 0.3 is 5.97 Å². The van der Waals surface area contributed by atoms with Crippen LogP contribution in [-0.4, -0.2) is 28.1 Å². The Morgan fingerprint density at radius 2 is 1.47 bits per heavy atom. The molecule has 5 aliphatic carbocycles. The molecule has 34 heavy (non-hydrogen) atoms. The first-order valence-corrected chi connectivity index (χ1v) is 14.0. The molecular weight excluding hydrogens is 424 g/mol. The lowest BCUT2D eigenvalue weighted by molar-refractivity contribution is -0.246. The topological polar surface area (TPSA) is 74.6 Å². The fourth-order valence-electron chi connectivity index (χ4n) is 11.1. The van der Waals surface area contributed by atoms with Crippen molar-refractivity contribution < 1.29 is 19.8 Å². The highest BCUT2D eigenvalue weighted by molar-refractivity contribution is 5.86. The highest BCUT2D eigenvalue weighted by Crippen LogP contribution is 2.76. The van der Waals surface area contributed by atoms with Crippen LogP contribution in [0.15, 0.2) is 0 Å². The fourth-order valence-corrected chi connectivity index (χ4v) is 11.1. The van der Waals surface area contributed by atoms with E-state index in [9.17, 15) is 19.8 Å². The van der Waals surface area contributed by atoms with Crippen molar-refractivity contribution in [3.05, 3.63) is 0 Å². The molecule has 4 heteroatoms. The SMILES string of the molecule is CC1(C)CC[C@]2(C(=O)O)CC[C@]3(C)[C@H](C(=O)C[C@@H]4[C@@]5(C)CC[C@H](O)C(C)(C)[C@@H]5CC[C@]43C)[C@@H]2C1. The number of carboxylic acids is 1. The normalized spacial score (nSPS) is 53.6. The summed E-state index contributed by atoms with van der Waals surface area (Å²) in [5, 5.41) is 21.4. The molecule has 0 aromatic carbocycles. The summed E-state index contributed by atoms with van der Waals surface area (Å²) in [6, 6.07) is 0. The van der Waals surface area contributed by atoms with E-state index in [1.807, 2.05) is 0 Å². The number of rotatable bonds is 1. The molecule has 0 radical (unpaired) electrons. The van der Waals surface area contributed by atoms with Crippen molar-refractivity contribution in [3.63, 3.8) is 0 Å². The Morgan fingerprint density at radius 1 is 0.824 bits per heavy atom. The summed E-state index contributed by atoms with van der Waals surface area (Å²) in [5.74, 6) is 0.240. The van der Waals surface area contributed by atoms with Crippen LogP contribution in [0.3, 0.4) is 0 Å². The third-order valence-corrected chi connectivity index (χ3v) is 13.4. The Morgan fingerprint density at radius 3 is 2.12 bits per heavy atom. The zero-order valence-electron chi connectivity index (χ0n) is 22.7. The van der Waals surface area contributed by atoms with Crippen molar-refractivity contribution in [2.24, 2.45) is 56.2 Å². The minimum atomic E-state index is -0.726. The van der Waals surface area contributed by atoms with Crippen molar-refractivity contribution in [2.75, 3.05) is 0 Å². The largest absolute Gasteiger partial charge is 0.481 e. The molecule has 2 N–H and O–H groups in total. The molecule has 5 saturated carbocycles. The number of aliphatic carboxylic acids is 1. The first-order chi connectivity index (χ1) is 15.6. The lowest BCUT2D eigenvalue weighted by atomic mass is 9.31. The fraction of sp³-hybridized carbons (Fsp3) is 0.933. The third kappa shape index (κ3) is 2.87. The van der Waals surface area contributed by atoms with Gasteiger partial charge in [-0.25, -0.2) is 0 Å². The predicted octanol–water partition coefficient (Wildman–Crippen LogP) is 6.49. The predicted molar refractivity (Wildman–Crippen MR) is 133 cm³/mol. The standard InChI is InChI=1S/C30H48O4/c1-25(2)12-14-30(24(33)34)15-13-29(7)23(18(30)17-25)19(31)16-21-27(5)10-9-22(32)26(3,4)20(27)8-11-28(21,29)6/h18,20-23,32H,8-17H2,1-7H3,(H,33,34)/t18-,20-,21+,22-,23-,27-,28+,29+,30-/m0/s1. The minimum absolute atomic E-state index is 0.0292. The van der Waals surface area contributed by atoms with E-state index in [4.69, 9.17) is 0 Å². The summed E-state index contributed by atoms with van der Waals surface area (Å²) in [4.78, 5) is 27.0. The molecule has 0 unspecified atom stereocenters. The number of aliphatic hydroxyl groups excluding tert-OH is 1. The summed E-state index contributed by atoms with van der Waals surface area (Å²) < 4.78 is 0. The van der Waals surface area contributed by atoms with Crippen molar-refractivity contribution in [1.82, 2.24) is 0 Å². The van der Waals surface area contributed by atoms with Crippen LogP contribution in [0, 0.1) is 56.2 Å². The molecule has 0 aliphatic heterocycles. The maximum Gasteiger partial charge on any atom is 0.309 e. The number of carbonyl (C=O) groups is 2. The molecule has 4 nitrogen and oxygen atoms in total. The Kier molecular flexibility index (Phi) is 5.18. The van der Waals surface area contributed by atoms with Gasteiger partial charge in [-0.15, -0.1) is 0 Å². The molecular formula is C30H48O4. The number of carboxylic acid groups (broad SMARTS) is 1. The molecule has 0 amide bonds. The molecule has 0 saturated heterocycles. The van der Waals surface area contributed by atoms with Gasteiger partial charge < -0.3 is 10.2 Å². The highest BCUT2D eigenvalue weighted by Gasteiger charge is 2.73. The lowest BCUT2D eigenvalue weighted by Crippen LogP contribution is -2.69. The van der Waals surface area contributed by atoms with Gasteiger partial charge in [-0.1, -0.05) is 48.5 Å². The number of hydrogen-bond donors (Lipinski definition) is 2. The average molecular weight is 473 g/mol. The molecule has 192 valence electrons. The van der Waals surface area contributed by atoms with Crippen LogP contribution >= 0.6 is 0 Å². The van der Waals surface area contributed by atoms with Gasteiger partial charge in [0.15, 0.2) is 0 Å². The monoisotopic (exact) mass is 472 g/mol. The molecule has 0 aromatic rings. The first kappa shape index (κ1) is 24.8. The van der Waals surface area contributed by atoms with Gasteiger partial charge in [-0.2, -0.15) is 0 Å². The molecule has 5 rings (SSSR count). The zero-order valence-corrected chi connectivity index (χ0v) is 22.7. The van der Waals surface area contributed by atoms with Crippen LogP contribution in [0.5, 0.6) is 0 Å². The van der Waals surface area contributed by atoms with E-state index >= 15 is 0 Å². The quantitative estimate of drug-likeness (QED) is 0.457. The van der Waals surface area contributed by atoms with E-state index in [0.29, 0.717) is 30.5 Å². The number of ketones is 1. The summed E-state index contributed by atoms with van der Waals surface area (Å²) in [6.45, 7) is 16.3. The molecule has 9 atom stereocenters. The highest BCUT2D eigenvalue weighted by atomic mass is 16.4. The lowest BCUT2D eigenvalue weighted by Gasteiger charge is -2.72. The van der Waals surface area contributed by atoms with Crippen LogP contribution in [-0.2, 0) is 9.59 Å². The number of Topliss-reactive ketones (excluding diaryl/α,β-unsaturated/α-hetero) is 1. The Balaban J connectivity index is 1.59. The van der Waals surface area contributed by atoms with Crippen LogP contribution < -0.4 is 0 Å². The smallest absolute Gasteiger partial charge is 0.309 e. The number of hydrogen-bond acceptors (Lipinski definition) is 3.